The van der Waals surface area contributed by atoms with E-state index in [1.54, 1.807) is 24.3 Å². The molecule has 0 aliphatic heterocycles. The summed E-state index contributed by atoms with van der Waals surface area (Å²) in [6.45, 7) is 0.0744. The molecular formula is C16H12FN3O5. The fourth-order valence-corrected chi connectivity index (χ4v) is 2.39. The lowest BCUT2D eigenvalue weighted by atomic mass is 10.2. The normalized spacial score (nSPS) is 10.8. The molecule has 0 aliphatic rings. The molecule has 0 saturated carbocycles. The molecule has 0 radical (unpaired) electrons. The van der Waals surface area contributed by atoms with Crippen molar-refractivity contribution >= 4 is 28.4 Å². The molecule has 128 valence electrons. The highest BCUT2D eigenvalue weighted by Crippen LogP contribution is 2.21. The number of benzene rings is 2. The Morgan fingerprint density at radius 2 is 2.04 bits per heavy atom. The average molecular weight is 345 g/mol. The number of amides is 1. The number of halogens is 1. The first-order valence-electron chi connectivity index (χ1n) is 7.28. The molecule has 2 aromatic carbocycles. The molecule has 1 heterocycles. The lowest BCUT2D eigenvalue weighted by Crippen LogP contribution is -2.19. The first kappa shape index (κ1) is 16.4. The summed E-state index contributed by atoms with van der Waals surface area (Å²) in [6.07, 6.45) is -0.0609. The second-order valence-corrected chi connectivity index (χ2v) is 5.21. The fraction of sp³-hybridized carbons (Fsp3) is 0.125. The van der Waals surface area contributed by atoms with E-state index in [4.69, 9.17) is 4.42 Å². The number of nitro benzene ring substituents is 1. The minimum Gasteiger partial charge on any atom is -0.408 e. The van der Waals surface area contributed by atoms with Crippen LogP contribution >= 0.6 is 0 Å². The summed E-state index contributed by atoms with van der Waals surface area (Å²) in [5.41, 5.74) is 0.358. The minimum atomic E-state index is -0.987. The molecule has 9 heteroatoms. The Hall–Kier alpha value is -3.49. The van der Waals surface area contributed by atoms with Gasteiger partial charge in [0.05, 0.1) is 10.4 Å². The van der Waals surface area contributed by atoms with Gasteiger partial charge in [0.1, 0.15) is 0 Å². The third-order valence-electron chi connectivity index (χ3n) is 3.56. The monoisotopic (exact) mass is 345 g/mol. The van der Waals surface area contributed by atoms with Crippen LogP contribution in [0.5, 0.6) is 0 Å². The van der Waals surface area contributed by atoms with E-state index >= 15 is 0 Å². The first-order chi connectivity index (χ1) is 12.0. The van der Waals surface area contributed by atoms with Crippen LogP contribution in [0.3, 0.4) is 0 Å². The van der Waals surface area contributed by atoms with Gasteiger partial charge in [0, 0.05) is 24.7 Å². The Bertz CT molecular complexity index is 1020. The van der Waals surface area contributed by atoms with Crippen LogP contribution in [-0.2, 0) is 11.3 Å². The number of nitrogens with zero attached hydrogens (tertiary/aromatic N) is 2. The highest BCUT2D eigenvalue weighted by molar-refractivity contribution is 5.91. The van der Waals surface area contributed by atoms with Gasteiger partial charge < -0.3 is 9.73 Å². The van der Waals surface area contributed by atoms with Crippen molar-refractivity contribution in [1.82, 2.24) is 4.57 Å². The Kier molecular flexibility index (Phi) is 4.29. The zero-order valence-electron chi connectivity index (χ0n) is 12.8. The average Bonchev–Trinajstić information content (AvgIpc) is 2.89. The molecule has 1 aromatic heterocycles. The number of fused-ring (bicyclic) bond motifs is 1. The number of aryl methyl sites for hydroxylation is 1. The maximum atomic E-state index is 13.3. The van der Waals surface area contributed by atoms with Crippen LogP contribution in [0, 0.1) is 15.9 Å². The number of nitrogens with one attached hydrogen (secondary N) is 1. The minimum absolute atomic E-state index is 0.0609. The van der Waals surface area contributed by atoms with Crippen molar-refractivity contribution in [3.63, 3.8) is 0 Å². The summed E-state index contributed by atoms with van der Waals surface area (Å²) in [4.78, 5) is 33.6. The van der Waals surface area contributed by atoms with Gasteiger partial charge in [0.15, 0.2) is 5.58 Å². The van der Waals surface area contributed by atoms with E-state index in [1.165, 1.54) is 10.6 Å². The molecule has 1 amide bonds. The predicted molar refractivity (Wildman–Crippen MR) is 86.8 cm³/mol. The molecule has 25 heavy (non-hydrogen) atoms. The highest BCUT2D eigenvalue weighted by Gasteiger charge is 2.16. The van der Waals surface area contributed by atoms with Crippen LogP contribution in [0.1, 0.15) is 6.42 Å². The van der Waals surface area contributed by atoms with Crippen LogP contribution < -0.4 is 11.1 Å². The summed E-state index contributed by atoms with van der Waals surface area (Å²) in [5, 5.41) is 13.1. The quantitative estimate of drug-likeness (QED) is 0.565. The van der Waals surface area contributed by atoms with Crippen LogP contribution in [0.2, 0.25) is 0 Å². The Labute approximate surface area is 139 Å². The largest absolute Gasteiger partial charge is 0.419 e. The highest BCUT2D eigenvalue weighted by atomic mass is 19.1. The van der Waals surface area contributed by atoms with Crippen molar-refractivity contribution < 1.29 is 18.5 Å². The molecule has 0 unspecified atom stereocenters. The SMILES string of the molecule is O=C(CCn1c(=O)oc2ccccc21)Nc1ccc(F)c([N+](=O)[O-])c1. The number of hydrogen-bond donors (Lipinski definition) is 1. The number of oxazole rings is 1. The number of hydrogen-bond acceptors (Lipinski definition) is 5. The van der Waals surface area contributed by atoms with Gasteiger partial charge in [0.25, 0.3) is 0 Å². The molecule has 0 saturated heterocycles. The summed E-state index contributed by atoms with van der Waals surface area (Å²) < 4.78 is 19.7. The van der Waals surface area contributed by atoms with Gasteiger partial charge >= 0.3 is 11.4 Å². The molecule has 0 aliphatic carbocycles. The van der Waals surface area contributed by atoms with Gasteiger partial charge in [-0.3, -0.25) is 19.5 Å². The Morgan fingerprint density at radius 1 is 1.28 bits per heavy atom. The number of rotatable bonds is 5. The topological polar surface area (TPSA) is 107 Å². The number of carbonyl (C=O) groups excluding carboxylic acids is 1. The number of nitro groups is 1. The van der Waals surface area contributed by atoms with Crippen LogP contribution in [0.15, 0.2) is 51.7 Å². The van der Waals surface area contributed by atoms with Crippen molar-refractivity contribution in [2.75, 3.05) is 5.32 Å². The zero-order chi connectivity index (χ0) is 18.0. The smallest absolute Gasteiger partial charge is 0.408 e. The van der Waals surface area contributed by atoms with Gasteiger partial charge in [0.2, 0.25) is 11.7 Å². The second kappa shape index (κ2) is 6.56. The summed E-state index contributed by atoms with van der Waals surface area (Å²) >= 11 is 0. The van der Waals surface area contributed by atoms with Crippen LogP contribution in [0.25, 0.3) is 11.1 Å². The van der Waals surface area contributed by atoms with Gasteiger partial charge in [-0.2, -0.15) is 4.39 Å². The summed E-state index contributed by atoms with van der Waals surface area (Å²) in [7, 11) is 0. The van der Waals surface area contributed by atoms with Crippen LogP contribution in [0.4, 0.5) is 15.8 Å². The van der Waals surface area contributed by atoms with Gasteiger partial charge in [-0.25, -0.2) is 4.79 Å². The predicted octanol–water partition coefficient (Wildman–Crippen LogP) is 2.67. The lowest BCUT2D eigenvalue weighted by molar-refractivity contribution is -0.387. The van der Waals surface area contributed by atoms with E-state index in [0.29, 0.717) is 11.1 Å². The second-order valence-electron chi connectivity index (χ2n) is 5.21. The molecule has 3 aromatic rings. The van der Waals surface area contributed by atoms with E-state index in [1.807, 2.05) is 0 Å². The number of aromatic nitrogens is 1. The van der Waals surface area contributed by atoms with E-state index in [2.05, 4.69) is 5.32 Å². The van der Waals surface area contributed by atoms with Gasteiger partial charge in [-0.15, -0.1) is 0 Å². The third-order valence-corrected chi connectivity index (χ3v) is 3.56. The summed E-state index contributed by atoms with van der Waals surface area (Å²) in [5.74, 6) is -2.04. The molecule has 0 bridgehead atoms. The molecule has 0 spiro atoms. The van der Waals surface area contributed by atoms with Crippen molar-refractivity contribution in [2.45, 2.75) is 13.0 Å². The van der Waals surface area contributed by atoms with Crippen molar-refractivity contribution in [3.05, 3.63) is 68.9 Å². The Morgan fingerprint density at radius 3 is 2.80 bits per heavy atom. The number of carbonyl (C=O) groups is 1. The van der Waals surface area contributed by atoms with Crippen molar-refractivity contribution in [1.29, 1.82) is 0 Å². The molecule has 8 nitrogen and oxygen atoms in total. The lowest BCUT2D eigenvalue weighted by Gasteiger charge is -2.06. The van der Waals surface area contributed by atoms with Gasteiger partial charge in [-0.1, -0.05) is 12.1 Å². The number of para-hydroxylation sites is 2. The maximum Gasteiger partial charge on any atom is 0.419 e. The van der Waals surface area contributed by atoms with E-state index < -0.39 is 28.1 Å². The van der Waals surface area contributed by atoms with Crippen LogP contribution in [-0.4, -0.2) is 15.4 Å². The third kappa shape index (κ3) is 3.39. The first-order valence-corrected chi connectivity index (χ1v) is 7.28. The van der Waals surface area contributed by atoms with E-state index in [-0.39, 0.29) is 18.7 Å². The number of anilines is 1. The maximum absolute atomic E-state index is 13.3. The molecule has 1 N–H and O–H groups in total. The molecule has 0 atom stereocenters. The molecular weight excluding hydrogens is 333 g/mol. The van der Waals surface area contributed by atoms with E-state index in [0.717, 1.165) is 12.1 Å². The Balaban J connectivity index is 1.71. The van der Waals surface area contributed by atoms with Crippen molar-refractivity contribution in [2.24, 2.45) is 0 Å². The zero-order valence-corrected chi connectivity index (χ0v) is 12.8. The van der Waals surface area contributed by atoms with E-state index in [9.17, 15) is 24.1 Å². The standard InChI is InChI=1S/C16H12FN3O5/c17-11-6-5-10(9-13(11)20(23)24)18-15(21)7-8-19-12-3-1-2-4-14(12)25-16(19)22/h1-6,9H,7-8H2,(H,18,21). The molecule has 3 rings (SSSR count). The molecule has 0 fully saturated rings. The summed E-state index contributed by atoms with van der Waals surface area (Å²) in [6, 6.07) is 9.87. The van der Waals surface area contributed by atoms with Gasteiger partial charge in [-0.05, 0) is 24.3 Å². The fourth-order valence-electron chi connectivity index (χ4n) is 2.39. The van der Waals surface area contributed by atoms with Crippen molar-refractivity contribution in [3.8, 4) is 0 Å².